The van der Waals surface area contributed by atoms with Crippen molar-refractivity contribution in [2.45, 2.75) is 20.3 Å². The number of carbonyl (C=O) groups excluding carboxylic acids is 3. The van der Waals surface area contributed by atoms with E-state index >= 15 is 0 Å². The Bertz CT molecular complexity index is 705. The van der Waals surface area contributed by atoms with E-state index in [-0.39, 0.29) is 25.4 Å². The van der Waals surface area contributed by atoms with Crippen molar-refractivity contribution in [3.05, 3.63) is 29.3 Å². The molecule has 1 aromatic rings. The van der Waals surface area contributed by atoms with Crippen molar-refractivity contribution in [2.75, 3.05) is 24.6 Å². The van der Waals surface area contributed by atoms with Crippen LogP contribution in [0.2, 0.25) is 0 Å². The molecule has 6 nitrogen and oxygen atoms in total. The third-order valence-corrected chi connectivity index (χ3v) is 4.06. The van der Waals surface area contributed by atoms with Gasteiger partial charge in [0.05, 0.1) is 12.5 Å². The van der Waals surface area contributed by atoms with Gasteiger partial charge in [-0.2, -0.15) is 0 Å². The quantitative estimate of drug-likeness (QED) is 0.645. The van der Waals surface area contributed by atoms with Crippen LogP contribution in [0.4, 0.5) is 5.69 Å². The summed E-state index contributed by atoms with van der Waals surface area (Å²) in [7, 11) is 0. The number of nitrogens with one attached hydrogen (secondary N) is 1. The van der Waals surface area contributed by atoms with E-state index in [2.05, 4.69) is 11.2 Å². The fourth-order valence-corrected chi connectivity index (χ4v) is 2.58. The summed E-state index contributed by atoms with van der Waals surface area (Å²) >= 11 is 0. The topological polar surface area (TPSA) is 75.7 Å². The fraction of sp³-hybridized carbons (Fsp3) is 0.389. The molecule has 126 valence electrons. The largest absolute Gasteiger partial charge is 0.455 e. The van der Waals surface area contributed by atoms with Gasteiger partial charge in [0.15, 0.2) is 6.61 Å². The maximum Gasteiger partial charge on any atom is 0.311 e. The van der Waals surface area contributed by atoms with Crippen LogP contribution in [0.1, 0.15) is 17.5 Å². The number of ether oxygens (including phenoxy) is 1. The Balaban J connectivity index is 1.97. The van der Waals surface area contributed by atoms with E-state index in [1.165, 1.54) is 0 Å². The van der Waals surface area contributed by atoms with Crippen molar-refractivity contribution in [1.82, 2.24) is 5.32 Å². The van der Waals surface area contributed by atoms with Gasteiger partial charge >= 0.3 is 5.97 Å². The monoisotopic (exact) mass is 328 g/mol. The zero-order chi connectivity index (χ0) is 17.7. The summed E-state index contributed by atoms with van der Waals surface area (Å²) in [4.78, 5) is 37.3. The molecule has 0 radical (unpaired) electrons. The molecule has 0 bridgehead atoms. The Hall–Kier alpha value is -2.81. The number of aryl methyl sites for hydroxylation is 1. The highest BCUT2D eigenvalue weighted by atomic mass is 16.5. The molecule has 2 rings (SSSR count). The van der Waals surface area contributed by atoms with Crippen molar-refractivity contribution in [3.8, 4) is 12.3 Å². The van der Waals surface area contributed by atoms with Crippen LogP contribution >= 0.6 is 0 Å². The van der Waals surface area contributed by atoms with E-state index in [4.69, 9.17) is 11.2 Å². The second-order valence-electron chi connectivity index (χ2n) is 5.71. The summed E-state index contributed by atoms with van der Waals surface area (Å²) in [6.45, 7) is 3.86. The first kappa shape index (κ1) is 17.5. The van der Waals surface area contributed by atoms with Gasteiger partial charge in [0.1, 0.15) is 0 Å². The minimum Gasteiger partial charge on any atom is -0.455 e. The molecule has 1 N–H and O–H groups in total. The smallest absolute Gasteiger partial charge is 0.311 e. The zero-order valence-corrected chi connectivity index (χ0v) is 13.8. The molecule has 1 atom stereocenters. The number of esters is 1. The molecule has 0 aromatic heterocycles. The van der Waals surface area contributed by atoms with Crippen LogP contribution in [0.25, 0.3) is 0 Å². The number of hydrogen-bond donors (Lipinski definition) is 1. The van der Waals surface area contributed by atoms with Gasteiger partial charge in [0.2, 0.25) is 5.91 Å². The van der Waals surface area contributed by atoms with Gasteiger partial charge in [0, 0.05) is 18.7 Å². The first-order chi connectivity index (χ1) is 11.4. The van der Waals surface area contributed by atoms with E-state index in [0.717, 1.165) is 16.8 Å². The molecule has 1 aromatic carbocycles. The highest BCUT2D eigenvalue weighted by molar-refractivity contribution is 6.00. The normalized spacial score (nSPS) is 16.6. The molecular formula is C18H20N2O4. The van der Waals surface area contributed by atoms with E-state index < -0.39 is 24.4 Å². The van der Waals surface area contributed by atoms with Crippen molar-refractivity contribution in [1.29, 1.82) is 0 Å². The van der Waals surface area contributed by atoms with Crippen LogP contribution in [0, 0.1) is 32.1 Å². The number of benzene rings is 1. The highest BCUT2D eigenvalue weighted by Crippen LogP contribution is 2.29. The first-order valence-corrected chi connectivity index (χ1v) is 7.67. The van der Waals surface area contributed by atoms with E-state index in [9.17, 15) is 14.4 Å². The van der Waals surface area contributed by atoms with Crippen LogP contribution in [0.5, 0.6) is 0 Å². The Labute approximate surface area is 141 Å². The Morgan fingerprint density at radius 1 is 1.42 bits per heavy atom. The molecule has 0 unspecified atom stereocenters. The Morgan fingerprint density at radius 2 is 2.17 bits per heavy atom. The lowest BCUT2D eigenvalue weighted by Crippen LogP contribution is -2.31. The van der Waals surface area contributed by atoms with Gasteiger partial charge in [-0.05, 0) is 31.0 Å². The van der Waals surface area contributed by atoms with Gasteiger partial charge in [-0.15, -0.1) is 6.42 Å². The number of rotatable bonds is 5. The highest BCUT2D eigenvalue weighted by Gasteiger charge is 2.36. The van der Waals surface area contributed by atoms with E-state index in [0.29, 0.717) is 0 Å². The van der Waals surface area contributed by atoms with Crippen molar-refractivity contribution in [2.24, 2.45) is 5.92 Å². The number of terminal acetylenes is 1. The molecule has 0 spiro atoms. The summed E-state index contributed by atoms with van der Waals surface area (Å²) < 4.78 is 4.97. The third-order valence-electron chi connectivity index (χ3n) is 4.06. The minimum atomic E-state index is -0.571. The predicted octanol–water partition coefficient (Wildman–Crippen LogP) is 0.949. The number of anilines is 1. The van der Waals surface area contributed by atoms with Crippen LogP contribution in [-0.2, 0) is 19.1 Å². The van der Waals surface area contributed by atoms with E-state index in [1.54, 1.807) is 4.90 Å². The van der Waals surface area contributed by atoms with Crippen LogP contribution < -0.4 is 10.2 Å². The molecule has 1 fully saturated rings. The molecule has 2 amide bonds. The first-order valence-electron chi connectivity index (χ1n) is 7.67. The standard InChI is InChI=1S/C18H20N2O4/c1-4-8-19-16(21)11-24-18(23)14-9-17(22)20(10-14)15-7-5-6-12(2)13(15)3/h1,5-7,14H,8-11H2,2-3H3,(H,19,21)/t14-/m1/s1. The fourth-order valence-electron chi connectivity index (χ4n) is 2.58. The van der Waals surface area contributed by atoms with Crippen molar-refractivity contribution >= 4 is 23.5 Å². The molecule has 1 aliphatic rings. The lowest BCUT2D eigenvalue weighted by Gasteiger charge is -2.20. The lowest BCUT2D eigenvalue weighted by atomic mass is 10.1. The van der Waals surface area contributed by atoms with Gasteiger partial charge in [0.25, 0.3) is 5.91 Å². The summed E-state index contributed by atoms with van der Waals surface area (Å²) in [6, 6.07) is 5.72. The number of nitrogens with zero attached hydrogens (tertiary/aromatic N) is 1. The second-order valence-corrected chi connectivity index (χ2v) is 5.71. The Morgan fingerprint density at radius 3 is 2.88 bits per heavy atom. The molecule has 1 heterocycles. The molecule has 1 aliphatic heterocycles. The summed E-state index contributed by atoms with van der Waals surface area (Å²) in [5, 5.41) is 2.41. The molecule has 0 saturated carbocycles. The van der Waals surface area contributed by atoms with Gasteiger partial charge < -0.3 is 15.0 Å². The number of carbonyl (C=O) groups is 3. The second kappa shape index (κ2) is 7.64. The maximum atomic E-state index is 12.2. The SMILES string of the molecule is C#CCNC(=O)COC(=O)[C@@H]1CC(=O)N(c2cccc(C)c2C)C1. The van der Waals surface area contributed by atoms with Gasteiger partial charge in [-0.3, -0.25) is 14.4 Å². The minimum absolute atomic E-state index is 0.0815. The van der Waals surface area contributed by atoms with Crippen LogP contribution in [0.15, 0.2) is 18.2 Å². The molecular weight excluding hydrogens is 308 g/mol. The van der Waals surface area contributed by atoms with Crippen LogP contribution in [-0.4, -0.2) is 37.5 Å². The number of amides is 2. The molecule has 0 aliphatic carbocycles. The van der Waals surface area contributed by atoms with E-state index in [1.807, 2.05) is 32.0 Å². The molecule has 1 saturated heterocycles. The molecule has 24 heavy (non-hydrogen) atoms. The predicted molar refractivity (Wildman–Crippen MR) is 89.2 cm³/mol. The number of hydrogen-bond acceptors (Lipinski definition) is 4. The van der Waals surface area contributed by atoms with Crippen molar-refractivity contribution < 1.29 is 19.1 Å². The maximum absolute atomic E-state index is 12.2. The summed E-state index contributed by atoms with van der Waals surface area (Å²) in [5.41, 5.74) is 2.90. The average molecular weight is 328 g/mol. The summed E-state index contributed by atoms with van der Waals surface area (Å²) in [5.74, 6) is 0.553. The average Bonchev–Trinajstić information content (AvgIpc) is 2.95. The van der Waals surface area contributed by atoms with Gasteiger partial charge in [-0.1, -0.05) is 18.1 Å². The van der Waals surface area contributed by atoms with Gasteiger partial charge in [-0.25, -0.2) is 0 Å². The van der Waals surface area contributed by atoms with Crippen LogP contribution in [0.3, 0.4) is 0 Å². The van der Waals surface area contributed by atoms with Crippen molar-refractivity contribution in [3.63, 3.8) is 0 Å². The Kier molecular flexibility index (Phi) is 5.59. The molecule has 6 heteroatoms. The lowest BCUT2D eigenvalue weighted by molar-refractivity contribution is -0.152. The third kappa shape index (κ3) is 3.93. The summed E-state index contributed by atoms with van der Waals surface area (Å²) in [6.07, 6.45) is 5.11. The zero-order valence-electron chi connectivity index (χ0n) is 13.8.